The Morgan fingerprint density at radius 1 is 0.517 bits per heavy atom. The Morgan fingerprint density at radius 2 is 0.862 bits per heavy atom. The van der Waals surface area contributed by atoms with E-state index in [1.165, 1.54) is 0 Å². The molecule has 29 heavy (non-hydrogen) atoms. The first-order valence-corrected chi connectivity index (χ1v) is 10.3. The summed E-state index contributed by atoms with van der Waals surface area (Å²) in [6.45, 7) is 0.663. The second-order valence-corrected chi connectivity index (χ2v) is 8.10. The zero-order valence-electron chi connectivity index (χ0n) is 16.5. The van der Waals surface area contributed by atoms with Gasteiger partial charge in [0, 0.05) is 12.1 Å². The SMILES string of the molecule is OC[C@H]1N[C@H](CCCNCCC[C@H]2N[C@H](CO)[C@@H](O)[C@H](O)[C@@H]2O)[C@@H](O)[C@@H](O)[C@@H]1O. The van der Waals surface area contributed by atoms with Crippen molar-refractivity contribution >= 4 is 0 Å². The van der Waals surface area contributed by atoms with Crippen LogP contribution in [0.1, 0.15) is 25.7 Å². The molecule has 11 nitrogen and oxygen atoms in total. The van der Waals surface area contributed by atoms with Crippen LogP contribution in [0.5, 0.6) is 0 Å². The number of piperidine rings is 2. The first-order valence-electron chi connectivity index (χ1n) is 10.3. The van der Waals surface area contributed by atoms with Crippen LogP contribution in [-0.2, 0) is 0 Å². The van der Waals surface area contributed by atoms with Crippen molar-refractivity contribution < 1.29 is 40.9 Å². The standard InChI is InChI=1S/C18H37N3O8/c22-7-11-15(26)17(28)13(24)9(20-11)3-1-5-19-6-2-4-10-14(25)18(29)16(27)12(8-23)21-10/h9-29H,1-8H2/t9-,10-,11-,12-,13-,14-,15-,16-,17-,18-/m1/s1. The molecule has 0 bridgehead atoms. The predicted octanol–water partition coefficient (Wildman–Crippen LogP) is -5.03. The molecule has 2 heterocycles. The molecular formula is C18H37N3O8. The molecule has 10 atom stereocenters. The summed E-state index contributed by atoms with van der Waals surface area (Å²) in [5.74, 6) is 0. The van der Waals surface area contributed by atoms with E-state index in [1.54, 1.807) is 0 Å². The Morgan fingerprint density at radius 3 is 1.21 bits per heavy atom. The summed E-state index contributed by atoms with van der Waals surface area (Å²) in [6, 6.07) is -2.18. The highest BCUT2D eigenvalue weighted by atomic mass is 16.4. The Balaban J connectivity index is 1.61. The molecule has 11 heteroatoms. The van der Waals surface area contributed by atoms with Gasteiger partial charge in [-0.2, -0.15) is 0 Å². The molecule has 0 aliphatic carbocycles. The summed E-state index contributed by atoms with van der Waals surface area (Å²) in [6.07, 6.45) is -4.69. The van der Waals surface area contributed by atoms with E-state index in [0.717, 1.165) is 0 Å². The zero-order chi connectivity index (χ0) is 21.6. The third-order valence-electron chi connectivity index (χ3n) is 6.04. The lowest BCUT2D eigenvalue weighted by molar-refractivity contribution is -0.120. The average molecular weight is 424 g/mol. The normalized spacial score (nSPS) is 43.4. The molecule has 2 saturated heterocycles. The van der Waals surface area contributed by atoms with Crippen molar-refractivity contribution in [2.75, 3.05) is 26.3 Å². The van der Waals surface area contributed by atoms with Crippen LogP contribution in [-0.4, -0.2) is 128 Å². The molecule has 11 N–H and O–H groups in total. The Kier molecular flexibility index (Phi) is 10.1. The van der Waals surface area contributed by atoms with Crippen LogP contribution in [0.3, 0.4) is 0 Å². The summed E-state index contributed by atoms with van der Waals surface area (Å²) in [5.41, 5.74) is 0. The number of hydrogen-bond donors (Lipinski definition) is 11. The molecule has 2 aliphatic heterocycles. The lowest BCUT2D eigenvalue weighted by Crippen LogP contribution is -2.65. The number of aliphatic hydroxyl groups is 8. The molecule has 2 aliphatic rings. The van der Waals surface area contributed by atoms with E-state index < -0.39 is 60.8 Å². The maximum Gasteiger partial charge on any atom is 0.109 e. The predicted molar refractivity (Wildman–Crippen MR) is 103 cm³/mol. The molecule has 172 valence electrons. The molecule has 0 spiro atoms. The van der Waals surface area contributed by atoms with E-state index in [2.05, 4.69) is 16.0 Å². The molecule has 0 unspecified atom stereocenters. The van der Waals surface area contributed by atoms with Gasteiger partial charge in [-0.3, -0.25) is 0 Å². The van der Waals surface area contributed by atoms with Crippen LogP contribution < -0.4 is 16.0 Å². The molecule has 0 amide bonds. The highest BCUT2D eigenvalue weighted by Crippen LogP contribution is 2.19. The van der Waals surface area contributed by atoms with Gasteiger partial charge in [0.25, 0.3) is 0 Å². The number of rotatable bonds is 10. The van der Waals surface area contributed by atoms with Crippen molar-refractivity contribution in [1.29, 1.82) is 0 Å². The van der Waals surface area contributed by atoms with Crippen LogP contribution in [0.2, 0.25) is 0 Å². The summed E-state index contributed by atoms with van der Waals surface area (Å²) in [4.78, 5) is 0. The smallest absolute Gasteiger partial charge is 0.109 e. The van der Waals surface area contributed by atoms with Crippen molar-refractivity contribution in [3.05, 3.63) is 0 Å². The Hall–Kier alpha value is -0.440. The fourth-order valence-electron chi connectivity index (χ4n) is 4.15. The minimum Gasteiger partial charge on any atom is -0.395 e. The summed E-state index contributed by atoms with van der Waals surface area (Å²) >= 11 is 0. The molecular weight excluding hydrogens is 386 g/mol. The third kappa shape index (κ3) is 6.28. The maximum atomic E-state index is 10.1. The van der Waals surface area contributed by atoms with Crippen LogP contribution in [0, 0.1) is 0 Å². The van der Waals surface area contributed by atoms with Gasteiger partial charge in [-0.25, -0.2) is 0 Å². The summed E-state index contributed by atoms with van der Waals surface area (Å²) in [7, 11) is 0. The van der Waals surface area contributed by atoms with Crippen LogP contribution >= 0.6 is 0 Å². The first kappa shape index (κ1) is 24.8. The van der Waals surface area contributed by atoms with Gasteiger partial charge in [-0.05, 0) is 38.8 Å². The minimum atomic E-state index is -1.29. The second kappa shape index (κ2) is 11.8. The number of aliphatic hydroxyl groups excluding tert-OH is 8. The van der Waals surface area contributed by atoms with Crippen molar-refractivity contribution in [1.82, 2.24) is 16.0 Å². The molecule has 0 radical (unpaired) electrons. The minimum absolute atomic E-state index is 0.330. The summed E-state index contributed by atoms with van der Waals surface area (Å²) < 4.78 is 0. The number of hydrogen-bond acceptors (Lipinski definition) is 11. The molecule has 0 saturated carbocycles. The van der Waals surface area contributed by atoms with E-state index in [-0.39, 0.29) is 13.2 Å². The van der Waals surface area contributed by atoms with E-state index in [4.69, 9.17) is 0 Å². The number of nitrogens with one attached hydrogen (secondary N) is 3. The average Bonchev–Trinajstić information content (AvgIpc) is 2.72. The van der Waals surface area contributed by atoms with Crippen molar-refractivity contribution in [2.24, 2.45) is 0 Å². The molecule has 0 aromatic rings. The molecule has 0 aromatic carbocycles. The van der Waals surface area contributed by atoms with Crippen molar-refractivity contribution in [3.8, 4) is 0 Å². The van der Waals surface area contributed by atoms with Crippen LogP contribution in [0.4, 0.5) is 0 Å². The Bertz CT molecular complexity index is 432. The van der Waals surface area contributed by atoms with E-state index in [1.807, 2.05) is 0 Å². The molecule has 2 rings (SSSR count). The van der Waals surface area contributed by atoms with Crippen molar-refractivity contribution in [3.63, 3.8) is 0 Å². The fraction of sp³-hybridized carbons (Fsp3) is 1.00. The molecule has 0 aromatic heterocycles. The van der Waals surface area contributed by atoms with E-state index >= 15 is 0 Å². The van der Waals surface area contributed by atoms with Gasteiger partial charge >= 0.3 is 0 Å². The van der Waals surface area contributed by atoms with Gasteiger partial charge in [0.1, 0.15) is 12.2 Å². The van der Waals surface area contributed by atoms with E-state index in [0.29, 0.717) is 38.8 Å². The third-order valence-corrected chi connectivity index (χ3v) is 6.04. The monoisotopic (exact) mass is 423 g/mol. The highest BCUT2D eigenvalue weighted by Gasteiger charge is 2.42. The zero-order valence-corrected chi connectivity index (χ0v) is 16.5. The maximum absolute atomic E-state index is 10.1. The highest BCUT2D eigenvalue weighted by molar-refractivity contribution is 4.99. The quantitative estimate of drug-likeness (QED) is 0.150. The van der Waals surface area contributed by atoms with Crippen LogP contribution in [0.15, 0.2) is 0 Å². The van der Waals surface area contributed by atoms with Gasteiger partial charge < -0.3 is 56.8 Å². The van der Waals surface area contributed by atoms with Gasteiger partial charge in [0.15, 0.2) is 0 Å². The lowest BCUT2D eigenvalue weighted by Gasteiger charge is -2.41. The Labute approximate surface area is 170 Å². The topological polar surface area (TPSA) is 198 Å². The van der Waals surface area contributed by atoms with Gasteiger partial charge in [-0.1, -0.05) is 0 Å². The largest absolute Gasteiger partial charge is 0.395 e. The lowest BCUT2D eigenvalue weighted by atomic mass is 9.88. The van der Waals surface area contributed by atoms with Crippen molar-refractivity contribution in [2.45, 2.75) is 86.5 Å². The molecule has 2 fully saturated rings. The van der Waals surface area contributed by atoms with Gasteiger partial charge in [0.05, 0.1) is 49.7 Å². The fourth-order valence-corrected chi connectivity index (χ4v) is 4.15. The van der Waals surface area contributed by atoms with Gasteiger partial charge in [-0.15, -0.1) is 0 Å². The van der Waals surface area contributed by atoms with Gasteiger partial charge in [0.2, 0.25) is 0 Å². The van der Waals surface area contributed by atoms with Crippen LogP contribution in [0.25, 0.3) is 0 Å². The van der Waals surface area contributed by atoms with E-state index in [9.17, 15) is 40.9 Å². The first-order chi connectivity index (χ1) is 13.8. The summed E-state index contributed by atoms with van der Waals surface area (Å²) in [5, 5.41) is 87.0. The second-order valence-electron chi connectivity index (χ2n) is 8.10.